The number of amides is 2. The van der Waals surface area contributed by atoms with Gasteiger partial charge in [-0.05, 0) is 42.3 Å². The minimum absolute atomic E-state index is 0.129. The topological polar surface area (TPSA) is 128 Å². The van der Waals surface area contributed by atoms with Gasteiger partial charge in [0.2, 0.25) is 11.8 Å². The summed E-state index contributed by atoms with van der Waals surface area (Å²) in [6, 6.07) is 5.81. The number of esters is 1. The van der Waals surface area contributed by atoms with Crippen LogP contribution in [0.15, 0.2) is 24.3 Å². The Bertz CT molecular complexity index is 976. The summed E-state index contributed by atoms with van der Waals surface area (Å²) < 4.78 is 4.72. The van der Waals surface area contributed by atoms with E-state index in [0.29, 0.717) is 30.0 Å². The van der Waals surface area contributed by atoms with Crippen LogP contribution < -0.4 is 10.6 Å². The van der Waals surface area contributed by atoms with Gasteiger partial charge >= 0.3 is 5.97 Å². The van der Waals surface area contributed by atoms with Gasteiger partial charge in [-0.1, -0.05) is 71.6 Å². The predicted molar refractivity (Wildman–Crippen MR) is 146 cm³/mol. The lowest BCUT2D eigenvalue weighted by Gasteiger charge is -2.17. The van der Waals surface area contributed by atoms with Crippen molar-refractivity contribution in [3.8, 4) is 5.69 Å². The van der Waals surface area contributed by atoms with Gasteiger partial charge in [0, 0.05) is 19.4 Å². The maximum Gasteiger partial charge on any atom is 0.337 e. The average molecular weight is 529 g/mol. The van der Waals surface area contributed by atoms with Crippen LogP contribution in [0, 0.1) is 0 Å². The lowest BCUT2D eigenvalue weighted by atomic mass is 10.1. The Morgan fingerprint density at radius 1 is 0.895 bits per heavy atom. The summed E-state index contributed by atoms with van der Waals surface area (Å²) in [5, 5.41) is 18.4. The first-order chi connectivity index (χ1) is 18.5. The summed E-state index contributed by atoms with van der Waals surface area (Å²) in [6.45, 7) is 4.90. The third kappa shape index (κ3) is 11.4. The highest BCUT2D eigenvalue weighted by Crippen LogP contribution is 2.10. The van der Waals surface area contributed by atoms with Gasteiger partial charge in [0.05, 0.1) is 18.4 Å². The average Bonchev–Trinajstić information content (AvgIpc) is 3.40. The normalized spacial score (nSPS) is 11.7. The smallest absolute Gasteiger partial charge is 0.337 e. The number of tetrazole rings is 1. The number of nitrogens with zero attached hydrogens (tertiary/aromatic N) is 4. The fraction of sp³-hybridized carbons (Fsp3) is 0.643. The molecule has 1 heterocycles. The SMILES string of the molecule is CCCCCCCCCC(=O)N[C@@H](Cc1nnn(-c2ccc(C(=O)OC)cc2)n1)C(=O)NCCCCCC. The zero-order valence-electron chi connectivity index (χ0n) is 23.2. The second kappa shape index (κ2) is 18.0. The number of hydrogen-bond acceptors (Lipinski definition) is 7. The minimum Gasteiger partial charge on any atom is -0.465 e. The molecule has 10 nitrogen and oxygen atoms in total. The number of carbonyl (C=O) groups is 3. The molecule has 2 amide bonds. The molecule has 1 atom stereocenters. The largest absolute Gasteiger partial charge is 0.465 e. The van der Waals surface area contributed by atoms with Crippen molar-refractivity contribution < 1.29 is 19.1 Å². The molecule has 0 unspecified atom stereocenters. The summed E-state index contributed by atoms with van der Waals surface area (Å²) >= 11 is 0. The van der Waals surface area contributed by atoms with Crippen LogP contribution in [0.25, 0.3) is 5.69 Å². The number of aromatic nitrogens is 4. The van der Waals surface area contributed by atoms with Crippen molar-refractivity contribution in [2.75, 3.05) is 13.7 Å². The summed E-state index contributed by atoms with van der Waals surface area (Å²) in [5.41, 5.74) is 1.02. The lowest BCUT2D eigenvalue weighted by Crippen LogP contribution is -2.48. The number of unbranched alkanes of at least 4 members (excludes halogenated alkanes) is 9. The van der Waals surface area contributed by atoms with Crippen molar-refractivity contribution in [2.45, 2.75) is 103 Å². The van der Waals surface area contributed by atoms with E-state index < -0.39 is 12.0 Å². The van der Waals surface area contributed by atoms with Gasteiger partial charge in [0.25, 0.3) is 0 Å². The van der Waals surface area contributed by atoms with Gasteiger partial charge in [-0.2, -0.15) is 0 Å². The molecule has 0 aliphatic rings. The first kappa shape index (κ1) is 30.9. The number of carbonyl (C=O) groups excluding carboxylic acids is 3. The number of methoxy groups -OCH3 is 1. The summed E-state index contributed by atoms with van der Waals surface area (Å²) in [7, 11) is 1.33. The number of rotatable bonds is 19. The van der Waals surface area contributed by atoms with E-state index in [1.54, 1.807) is 24.3 Å². The third-order valence-electron chi connectivity index (χ3n) is 6.35. The van der Waals surface area contributed by atoms with Gasteiger partial charge in [-0.15, -0.1) is 15.0 Å². The van der Waals surface area contributed by atoms with Crippen LogP contribution in [0.3, 0.4) is 0 Å². The highest BCUT2D eigenvalue weighted by atomic mass is 16.5. The Kier molecular flexibility index (Phi) is 14.7. The van der Waals surface area contributed by atoms with Crippen molar-refractivity contribution >= 4 is 17.8 Å². The Morgan fingerprint density at radius 2 is 1.53 bits per heavy atom. The van der Waals surface area contributed by atoms with Crippen LogP contribution in [0.5, 0.6) is 0 Å². The Hall–Kier alpha value is -3.30. The van der Waals surface area contributed by atoms with E-state index in [1.165, 1.54) is 37.6 Å². The third-order valence-corrected chi connectivity index (χ3v) is 6.35. The maximum atomic E-state index is 12.9. The van der Waals surface area contributed by atoms with E-state index in [1.807, 2.05) is 0 Å². The fourth-order valence-corrected chi connectivity index (χ4v) is 4.07. The van der Waals surface area contributed by atoms with Crippen LogP contribution >= 0.6 is 0 Å². The first-order valence-electron chi connectivity index (χ1n) is 14.0. The molecule has 38 heavy (non-hydrogen) atoms. The molecule has 10 heteroatoms. The number of ether oxygens (including phenoxy) is 1. The molecule has 0 saturated heterocycles. The molecule has 1 aromatic heterocycles. The zero-order valence-corrected chi connectivity index (χ0v) is 23.2. The van der Waals surface area contributed by atoms with E-state index in [-0.39, 0.29) is 18.2 Å². The maximum absolute atomic E-state index is 12.9. The molecule has 0 saturated carbocycles. The van der Waals surface area contributed by atoms with Gasteiger partial charge in [-0.25, -0.2) is 4.79 Å². The highest BCUT2D eigenvalue weighted by molar-refractivity contribution is 5.89. The second-order valence-electron chi connectivity index (χ2n) is 9.58. The second-order valence-corrected chi connectivity index (χ2v) is 9.58. The van der Waals surface area contributed by atoms with Gasteiger partial charge in [0.15, 0.2) is 5.82 Å². The summed E-state index contributed by atoms with van der Waals surface area (Å²) in [5.74, 6) is -0.479. The fourth-order valence-electron chi connectivity index (χ4n) is 4.07. The molecule has 0 aliphatic heterocycles. The predicted octanol–water partition coefficient (Wildman–Crippen LogP) is 4.31. The zero-order chi connectivity index (χ0) is 27.6. The molecule has 0 radical (unpaired) electrons. The van der Waals surface area contributed by atoms with Crippen molar-refractivity contribution in [3.63, 3.8) is 0 Å². The van der Waals surface area contributed by atoms with Gasteiger partial charge in [0.1, 0.15) is 6.04 Å². The number of nitrogens with one attached hydrogen (secondary N) is 2. The molecule has 210 valence electrons. The molecule has 0 aliphatic carbocycles. The van der Waals surface area contributed by atoms with Crippen molar-refractivity contribution in [3.05, 3.63) is 35.7 Å². The Morgan fingerprint density at radius 3 is 2.18 bits per heavy atom. The van der Waals surface area contributed by atoms with Crippen LogP contribution in [0.2, 0.25) is 0 Å². The van der Waals surface area contributed by atoms with E-state index in [2.05, 4.69) is 39.9 Å². The lowest BCUT2D eigenvalue weighted by molar-refractivity contribution is -0.129. The number of hydrogen-bond donors (Lipinski definition) is 2. The minimum atomic E-state index is -0.780. The monoisotopic (exact) mass is 528 g/mol. The molecule has 0 bridgehead atoms. The van der Waals surface area contributed by atoms with E-state index >= 15 is 0 Å². The molecule has 2 aromatic rings. The van der Waals surface area contributed by atoms with Crippen LogP contribution in [0.4, 0.5) is 0 Å². The van der Waals surface area contributed by atoms with Gasteiger partial charge in [-0.3, -0.25) is 9.59 Å². The highest BCUT2D eigenvalue weighted by Gasteiger charge is 2.23. The molecule has 2 rings (SSSR count). The Balaban J connectivity index is 1.96. The quantitative estimate of drug-likeness (QED) is 0.205. The number of benzene rings is 1. The van der Waals surface area contributed by atoms with Crippen LogP contribution in [0.1, 0.15) is 107 Å². The summed E-state index contributed by atoms with van der Waals surface area (Å²) in [6.07, 6.45) is 12.6. The van der Waals surface area contributed by atoms with E-state index in [0.717, 1.165) is 44.9 Å². The molecule has 0 fully saturated rings. The van der Waals surface area contributed by atoms with Gasteiger partial charge < -0.3 is 15.4 Å². The van der Waals surface area contributed by atoms with Crippen LogP contribution in [-0.2, 0) is 20.7 Å². The van der Waals surface area contributed by atoms with Crippen molar-refractivity contribution in [1.29, 1.82) is 0 Å². The van der Waals surface area contributed by atoms with Crippen molar-refractivity contribution in [1.82, 2.24) is 30.8 Å². The first-order valence-corrected chi connectivity index (χ1v) is 14.0. The molecule has 2 N–H and O–H groups in total. The summed E-state index contributed by atoms with van der Waals surface area (Å²) in [4.78, 5) is 38.6. The molecule has 0 spiro atoms. The Labute approximate surface area is 226 Å². The molecular formula is C28H44N6O4. The van der Waals surface area contributed by atoms with E-state index in [9.17, 15) is 14.4 Å². The standard InChI is InChI=1S/C28H44N6O4/c1-4-6-8-10-11-12-13-15-26(35)30-24(27(36)29-20-14-9-7-5-2)21-25-31-33-34(32-25)23-18-16-22(17-19-23)28(37)38-3/h16-19,24H,4-15,20-21H2,1-3H3,(H,29,36)(H,30,35)/t24-/m0/s1. The van der Waals surface area contributed by atoms with E-state index in [4.69, 9.17) is 4.74 Å². The molecular weight excluding hydrogens is 484 g/mol. The van der Waals surface area contributed by atoms with Crippen LogP contribution in [-0.4, -0.2) is 57.7 Å². The van der Waals surface area contributed by atoms with Crippen molar-refractivity contribution in [2.24, 2.45) is 0 Å². The molecule has 1 aromatic carbocycles.